The predicted molar refractivity (Wildman–Crippen MR) is 62.6 cm³/mol. The van der Waals surface area contributed by atoms with Gasteiger partial charge in [-0.3, -0.25) is 9.59 Å². The van der Waals surface area contributed by atoms with Gasteiger partial charge in [-0.05, 0) is 19.4 Å². The number of rotatable bonds is 1. The minimum atomic E-state index is -0.920. The van der Waals surface area contributed by atoms with Crippen LogP contribution in [0.5, 0.6) is 0 Å². The standard InChI is InChI=1S/C14H16O2/c1-9(15)14(4)12(16)10-7-5-6-8-11(10)13(14,2)3/h5-8H,1-4H3. The van der Waals surface area contributed by atoms with Crippen molar-refractivity contribution in [1.29, 1.82) is 0 Å². The molecule has 1 aliphatic rings. The van der Waals surface area contributed by atoms with Crippen molar-refractivity contribution in [2.45, 2.75) is 33.1 Å². The normalized spacial score (nSPS) is 26.6. The number of fused-ring (bicyclic) bond motifs is 1. The Hall–Kier alpha value is -1.44. The first-order valence-corrected chi connectivity index (χ1v) is 5.49. The number of Topliss-reactive ketones (excluding diaryl/α,β-unsaturated/α-hetero) is 2. The van der Waals surface area contributed by atoms with E-state index >= 15 is 0 Å². The quantitative estimate of drug-likeness (QED) is 0.676. The minimum Gasteiger partial charge on any atom is -0.299 e. The second kappa shape index (κ2) is 3.03. The lowest BCUT2D eigenvalue weighted by atomic mass is 9.65. The maximum absolute atomic E-state index is 12.4. The predicted octanol–water partition coefficient (Wildman–Crippen LogP) is 2.76. The molecule has 0 aromatic heterocycles. The molecule has 1 aliphatic carbocycles. The fraction of sp³-hybridized carbons (Fsp3) is 0.429. The molecule has 0 radical (unpaired) electrons. The van der Waals surface area contributed by atoms with Crippen LogP contribution in [0.4, 0.5) is 0 Å². The highest BCUT2D eigenvalue weighted by atomic mass is 16.2. The van der Waals surface area contributed by atoms with E-state index < -0.39 is 10.8 Å². The van der Waals surface area contributed by atoms with Crippen LogP contribution in [-0.2, 0) is 10.2 Å². The molecule has 1 unspecified atom stereocenters. The van der Waals surface area contributed by atoms with Crippen molar-refractivity contribution in [3.8, 4) is 0 Å². The van der Waals surface area contributed by atoms with Crippen LogP contribution in [0.1, 0.15) is 43.6 Å². The van der Waals surface area contributed by atoms with Crippen molar-refractivity contribution >= 4 is 11.6 Å². The van der Waals surface area contributed by atoms with Crippen LogP contribution in [0.25, 0.3) is 0 Å². The molecular formula is C14H16O2. The molecule has 16 heavy (non-hydrogen) atoms. The lowest BCUT2D eigenvalue weighted by Crippen LogP contribution is -2.44. The van der Waals surface area contributed by atoms with E-state index in [0.29, 0.717) is 5.56 Å². The van der Waals surface area contributed by atoms with Crippen molar-refractivity contribution in [2.75, 3.05) is 0 Å². The van der Waals surface area contributed by atoms with E-state index in [1.165, 1.54) is 6.92 Å². The molecule has 0 N–H and O–H groups in total. The van der Waals surface area contributed by atoms with Gasteiger partial charge in [0.25, 0.3) is 0 Å². The third kappa shape index (κ3) is 1.02. The van der Waals surface area contributed by atoms with E-state index in [1.807, 2.05) is 38.1 Å². The Labute approximate surface area is 95.7 Å². The lowest BCUT2D eigenvalue weighted by molar-refractivity contribution is -0.125. The average molecular weight is 216 g/mol. The second-order valence-electron chi connectivity index (χ2n) is 5.18. The van der Waals surface area contributed by atoms with Crippen LogP contribution in [-0.4, -0.2) is 11.6 Å². The molecular weight excluding hydrogens is 200 g/mol. The van der Waals surface area contributed by atoms with Gasteiger partial charge in [-0.15, -0.1) is 0 Å². The van der Waals surface area contributed by atoms with Crippen molar-refractivity contribution in [3.63, 3.8) is 0 Å². The summed E-state index contributed by atoms with van der Waals surface area (Å²) in [5.41, 5.74) is 0.339. The molecule has 0 spiro atoms. The van der Waals surface area contributed by atoms with Crippen molar-refractivity contribution in [1.82, 2.24) is 0 Å². The SMILES string of the molecule is CC(=O)C1(C)C(=O)c2ccccc2C1(C)C. The summed E-state index contributed by atoms with van der Waals surface area (Å²) < 4.78 is 0. The van der Waals surface area contributed by atoms with Gasteiger partial charge in [0.1, 0.15) is 5.78 Å². The summed E-state index contributed by atoms with van der Waals surface area (Å²) in [5, 5.41) is 0. The third-order valence-electron chi connectivity index (χ3n) is 4.25. The molecule has 0 aliphatic heterocycles. The van der Waals surface area contributed by atoms with Gasteiger partial charge in [-0.1, -0.05) is 38.1 Å². The summed E-state index contributed by atoms with van der Waals surface area (Å²) in [6.45, 7) is 7.21. The summed E-state index contributed by atoms with van der Waals surface area (Å²) in [4.78, 5) is 24.2. The van der Waals surface area contributed by atoms with E-state index in [0.717, 1.165) is 5.56 Å². The van der Waals surface area contributed by atoms with Crippen LogP contribution in [0, 0.1) is 5.41 Å². The summed E-state index contributed by atoms with van der Waals surface area (Å²) in [7, 11) is 0. The molecule has 2 nitrogen and oxygen atoms in total. The first kappa shape index (κ1) is 11.1. The van der Waals surface area contributed by atoms with Crippen molar-refractivity contribution in [3.05, 3.63) is 35.4 Å². The topological polar surface area (TPSA) is 34.1 Å². The molecule has 2 rings (SSSR count). The zero-order valence-electron chi connectivity index (χ0n) is 10.1. The highest BCUT2D eigenvalue weighted by Gasteiger charge is 2.57. The van der Waals surface area contributed by atoms with E-state index in [1.54, 1.807) is 6.92 Å². The first-order valence-electron chi connectivity index (χ1n) is 5.49. The Kier molecular flexibility index (Phi) is 2.10. The Morgan fingerprint density at radius 2 is 1.69 bits per heavy atom. The van der Waals surface area contributed by atoms with E-state index in [2.05, 4.69) is 0 Å². The number of carbonyl (C=O) groups excluding carboxylic acids is 2. The second-order valence-corrected chi connectivity index (χ2v) is 5.18. The zero-order chi connectivity index (χ0) is 12.1. The third-order valence-corrected chi connectivity index (χ3v) is 4.25. The van der Waals surface area contributed by atoms with Gasteiger partial charge >= 0.3 is 0 Å². The van der Waals surface area contributed by atoms with Crippen LogP contribution in [0.2, 0.25) is 0 Å². The van der Waals surface area contributed by atoms with Crippen LogP contribution in [0.3, 0.4) is 0 Å². The molecule has 0 heterocycles. The smallest absolute Gasteiger partial charge is 0.177 e. The Morgan fingerprint density at radius 3 is 2.19 bits per heavy atom. The monoisotopic (exact) mass is 216 g/mol. The summed E-state index contributed by atoms with van der Waals surface area (Å²) >= 11 is 0. The van der Waals surface area contributed by atoms with Gasteiger partial charge in [0, 0.05) is 11.0 Å². The number of hydrogen-bond donors (Lipinski definition) is 0. The van der Waals surface area contributed by atoms with Crippen LogP contribution < -0.4 is 0 Å². The molecule has 1 aromatic carbocycles. The molecule has 0 saturated heterocycles. The molecule has 0 amide bonds. The summed E-state index contributed by atoms with van der Waals surface area (Å²) in [5.74, 6) is -0.0979. The number of carbonyl (C=O) groups is 2. The number of ketones is 2. The molecule has 84 valence electrons. The molecule has 1 aromatic rings. The van der Waals surface area contributed by atoms with Gasteiger partial charge in [0.05, 0.1) is 5.41 Å². The van der Waals surface area contributed by atoms with Gasteiger partial charge < -0.3 is 0 Å². The van der Waals surface area contributed by atoms with Gasteiger partial charge in [-0.25, -0.2) is 0 Å². The molecule has 0 fully saturated rings. The van der Waals surface area contributed by atoms with Crippen molar-refractivity contribution in [2.24, 2.45) is 5.41 Å². The highest BCUT2D eigenvalue weighted by Crippen LogP contribution is 2.51. The van der Waals surface area contributed by atoms with Crippen LogP contribution in [0.15, 0.2) is 24.3 Å². The molecule has 2 heteroatoms. The maximum Gasteiger partial charge on any atom is 0.177 e. The Morgan fingerprint density at radius 1 is 1.12 bits per heavy atom. The number of benzene rings is 1. The van der Waals surface area contributed by atoms with Gasteiger partial charge in [0.15, 0.2) is 5.78 Å². The summed E-state index contributed by atoms with van der Waals surface area (Å²) in [6.07, 6.45) is 0. The zero-order valence-corrected chi connectivity index (χ0v) is 10.1. The van der Waals surface area contributed by atoms with E-state index in [9.17, 15) is 9.59 Å². The molecule has 0 saturated carbocycles. The maximum atomic E-state index is 12.4. The fourth-order valence-electron chi connectivity index (χ4n) is 2.65. The van der Waals surface area contributed by atoms with E-state index in [4.69, 9.17) is 0 Å². The van der Waals surface area contributed by atoms with Crippen LogP contribution >= 0.6 is 0 Å². The van der Waals surface area contributed by atoms with Gasteiger partial charge in [-0.2, -0.15) is 0 Å². The average Bonchev–Trinajstić information content (AvgIpc) is 2.40. The Balaban J connectivity index is 2.76. The highest BCUT2D eigenvalue weighted by molar-refractivity contribution is 6.18. The number of hydrogen-bond acceptors (Lipinski definition) is 2. The molecule has 1 atom stereocenters. The first-order chi connectivity index (χ1) is 7.33. The minimum absolute atomic E-state index is 0.0411. The van der Waals surface area contributed by atoms with Gasteiger partial charge in [0.2, 0.25) is 0 Å². The van der Waals surface area contributed by atoms with Crippen molar-refractivity contribution < 1.29 is 9.59 Å². The summed E-state index contributed by atoms with van der Waals surface area (Å²) in [6, 6.07) is 7.52. The molecule has 0 bridgehead atoms. The van der Waals surface area contributed by atoms with E-state index in [-0.39, 0.29) is 11.6 Å². The largest absolute Gasteiger partial charge is 0.299 e. The lowest BCUT2D eigenvalue weighted by Gasteiger charge is -2.35. The fourth-order valence-corrected chi connectivity index (χ4v) is 2.65. The Bertz CT molecular complexity index is 485.